The van der Waals surface area contributed by atoms with Crippen molar-refractivity contribution in [3.8, 4) is 0 Å². The number of carbonyl (C=O) groups excluding carboxylic acids is 1. The lowest BCUT2D eigenvalue weighted by Gasteiger charge is -2.33. The van der Waals surface area contributed by atoms with Crippen LogP contribution in [0.2, 0.25) is 0 Å². The molecule has 3 heterocycles. The Morgan fingerprint density at radius 1 is 1.21 bits per heavy atom. The Balaban J connectivity index is 1.72. The number of aromatic amines is 1. The molecule has 9 nitrogen and oxygen atoms in total. The molecule has 10 heteroatoms. The Morgan fingerprint density at radius 2 is 1.88 bits per heavy atom. The van der Waals surface area contributed by atoms with Crippen molar-refractivity contribution in [2.45, 2.75) is 25.7 Å². The van der Waals surface area contributed by atoms with Gasteiger partial charge in [-0.15, -0.1) is 0 Å². The largest absolute Gasteiger partial charge is 0.361 e. The lowest BCUT2D eigenvalue weighted by atomic mass is 10.3. The Kier molecular flexibility index (Phi) is 4.18. The number of amides is 1. The summed E-state index contributed by atoms with van der Waals surface area (Å²) in [7, 11) is -3.62. The van der Waals surface area contributed by atoms with E-state index in [-0.39, 0.29) is 29.6 Å². The summed E-state index contributed by atoms with van der Waals surface area (Å²) in [6.45, 7) is 6.12. The maximum absolute atomic E-state index is 12.8. The molecule has 0 atom stereocenters. The van der Waals surface area contributed by atoms with Crippen LogP contribution in [0.3, 0.4) is 0 Å². The molecule has 1 saturated heterocycles. The van der Waals surface area contributed by atoms with Gasteiger partial charge in [0.1, 0.15) is 10.7 Å². The summed E-state index contributed by atoms with van der Waals surface area (Å²) in [5.74, 6) is 0.310. The molecule has 1 N–H and O–H groups in total. The number of nitrogens with zero attached hydrogens (tertiary/aromatic N) is 4. The number of carbonyl (C=O) groups is 1. The second kappa shape index (κ2) is 6.02. The molecule has 2 aromatic heterocycles. The highest BCUT2D eigenvalue weighted by molar-refractivity contribution is 7.89. The van der Waals surface area contributed by atoms with E-state index in [1.807, 2.05) is 0 Å². The molecule has 24 heavy (non-hydrogen) atoms. The first-order valence-electron chi connectivity index (χ1n) is 7.55. The lowest BCUT2D eigenvalue weighted by molar-refractivity contribution is 0.0687. The Labute approximate surface area is 139 Å². The van der Waals surface area contributed by atoms with E-state index in [1.165, 1.54) is 4.31 Å². The zero-order chi connectivity index (χ0) is 17.5. The van der Waals surface area contributed by atoms with E-state index in [9.17, 15) is 13.2 Å². The van der Waals surface area contributed by atoms with Crippen LogP contribution in [-0.2, 0) is 10.0 Å². The molecule has 0 unspecified atom stereocenters. The van der Waals surface area contributed by atoms with Gasteiger partial charge in [-0.2, -0.15) is 9.40 Å². The Morgan fingerprint density at radius 3 is 2.38 bits per heavy atom. The summed E-state index contributed by atoms with van der Waals surface area (Å²) in [5.41, 5.74) is 1.21. The predicted octanol–water partition coefficient (Wildman–Crippen LogP) is 0.470. The zero-order valence-electron chi connectivity index (χ0n) is 13.7. The number of nitrogens with one attached hydrogen (secondary N) is 1. The van der Waals surface area contributed by atoms with Crippen molar-refractivity contribution in [3.05, 3.63) is 28.9 Å². The van der Waals surface area contributed by atoms with E-state index >= 15 is 0 Å². The molecular formula is C14H19N5O4S. The monoisotopic (exact) mass is 353 g/mol. The van der Waals surface area contributed by atoms with Gasteiger partial charge in [0, 0.05) is 32.2 Å². The van der Waals surface area contributed by atoms with Crippen molar-refractivity contribution in [1.29, 1.82) is 0 Å². The second-order valence-corrected chi connectivity index (χ2v) is 7.66. The standard InChI is InChI=1S/C14H19N5O4S/c1-9-8-12(17-23-9)14(20)18-4-6-19(7-5-18)24(21,22)13-10(2)15-16-11(13)3/h8H,4-7H2,1-3H3,(H,15,16). The molecule has 3 rings (SSSR count). The number of H-pyrrole nitrogens is 1. The van der Waals surface area contributed by atoms with Crippen molar-refractivity contribution in [1.82, 2.24) is 24.6 Å². The van der Waals surface area contributed by atoms with Crippen LogP contribution in [-0.4, -0.2) is 65.1 Å². The Bertz CT molecular complexity index is 842. The van der Waals surface area contributed by atoms with Gasteiger partial charge in [0.25, 0.3) is 5.91 Å². The smallest absolute Gasteiger partial charge is 0.276 e. The number of aromatic nitrogens is 3. The van der Waals surface area contributed by atoms with Crippen LogP contribution in [0.25, 0.3) is 0 Å². The summed E-state index contributed by atoms with van der Waals surface area (Å²) in [6, 6.07) is 1.57. The van der Waals surface area contributed by atoms with Gasteiger partial charge in [0.05, 0.1) is 11.4 Å². The minimum atomic E-state index is -3.62. The molecule has 1 aliphatic heterocycles. The van der Waals surface area contributed by atoms with Gasteiger partial charge < -0.3 is 9.42 Å². The molecule has 0 aliphatic carbocycles. The molecule has 0 aromatic carbocycles. The molecule has 1 fully saturated rings. The van der Waals surface area contributed by atoms with E-state index in [2.05, 4.69) is 15.4 Å². The van der Waals surface area contributed by atoms with Crippen LogP contribution in [0, 0.1) is 20.8 Å². The first-order chi connectivity index (χ1) is 11.3. The molecule has 0 bridgehead atoms. The predicted molar refractivity (Wildman–Crippen MR) is 84.0 cm³/mol. The first-order valence-corrected chi connectivity index (χ1v) is 8.99. The molecule has 0 radical (unpaired) electrons. The fourth-order valence-electron chi connectivity index (χ4n) is 2.81. The van der Waals surface area contributed by atoms with Crippen molar-refractivity contribution < 1.29 is 17.7 Å². The number of hydrogen-bond acceptors (Lipinski definition) is 6. The maximum Gasteiger partial charge on any atom is 0.276 e. The van der Waals surface area contributed by atoms with Crippen LogP contribution < -0.4 is 0 Å². The van der Waals surface area contributed by atoms with Crippen LogP contribution in [0.15, 0.2) is 15.5 Å². The zero-order valence-corrected chi connectivity index (χ0v) is 14.6. The van der Waals surface area contributed by atoms with Crippen molar-refractivity contribution >= 4 is 15.9 Å². The molecule has 1 aliphatic rings. The minimum absolute atomic E-state index is 0.217. The number of aryl methyl sites for hydroxylation is 3. The van der Waals surface area contributed by atoms with Crippen LogP contribution in [0.4, 0.5) is 0 Å². The molecule has 2 aromatic rings. The van der Waals surface area contributed by atoms with E-state index in [4.69, 9.17) is 4.52 Å². The van der Waals surface area contributed by atoms with E-state index in [1.54, 1.807) is 31.7 Å². The Hall–Kier alpha value is -2.20. The summed E-state index contributed by atoms with van der Waals surface area (Å²) in [4.78, 5) is 14.1. The molecule has 0 spiro atoms. The van der Waals surface area contributed by atoms with E-state index in [0.717, 1.165) is 0 Å². The van der Waals surface area contributed by atoms with Gasteiger partial charge in [0.15, 0.2) is 5.69 Å². The number of hydrogen-bond donors (Lipinski definition) is 1. The average molecular weight is 353 g/mol. The van der Waals surface area contributed by atoms with Crippen LogP contribution in [0.1, 0.15) is 27.6 Å². The molecule has 130 valence electrons. The van der Waals surface area contributed by atoms with Gasteiger partial charge in [-0.3, -0.25) is 9.89 Å². The SMILES string of the molecule is Cc1cc(C(=O)N2CCN(S(=O)(=O)c3c(C)n[nH]c3C)CC2)no1. The third-order valence-electron chi connectivity index (χ3n) is 4.03. The van der Waals surface area contributed by atoms with Gasteiger partial charge in [-0.25, -0.2) is 8.42 Å². The second-order valence-electron chi connectivity index (χ2n) is 5.78. The fourth-order valence-corrected chi connectivity index (χ4v) is 4.56. The first kappa shape index (κ1) is 16.7. The van der Waals surface area contributed by atoms with Gasteiger partial charge >= 0.3 is 0 Å². The van der Waals surface area contributed by atoms with Crippen molar-refractivity contribution in [3.63, 3.8) is 0 Å². The quantitative estimate of drug-likeness (QED) is 0.858. The van der Waals surface area contributed by atoms with Crippen LogP contribution >= 0.6 is 0 Å². The highest BCUT2D eigenvalue weighted by Gasteiger charge is 2.33. The topological polar surface area (TPSA) is 112 Å². The lowest BCUT2D eigenvalue weighted by Crippen LogP contribution is -2.50. The highest BCUT2D eigenvalue weighted by atomic mass is 32.2. The minimum Gasteiger partial charge on any atom is -0.361 e. The fraction of sp³-hybridized carbons (Fsp3) is 0.500. The van der Waals surface area contributed by atoms with Gasteiger partial charge in [-0.1, -0.05) is 5.16 Å². The molecule has 0 saturated carbocycles. The summed E-state index contributed by atoms with van der Waals surface area (Å²) < 4.78 is 31.8. The van der Waals surface area contributed by atoms with Crippen molar-refractivity contribution in [2.75, 3.05) is 26.2 Å². The summed E-state index contributed by atoms with van der Waals surface area (Å²) in [6.07, 6.45) is 0. The molecule has 1 amide bonds. The van der Waals surface area contributed by atoms with E-state index in [0.29, 0.717) is 30.2 Å². The number of rotatable bonds is 3. The third-order valence-corrected chi connectivity index (χ3v) is 6.19. The third kappa shape index (κ3) is 2.82. The normalized spacial score (nSPS) is 16.5. The van der Waals surface area contributed by atoms with Gasteiger partial charge in [0.2, 0.25) is 10.0 Å². The highest BCUT2D eigenvalue weighted by Crippen LogP contribution is 2.23. The average Bonchev–Trinajstić information content (AvgIpc) is 3.12. The molecular weight excluding hydrogens is 334 g/mol. The summed E-state index contributed by atoms with van der Waals surface area (Å²) >= 11 is 0. The summed E-state index contributed by atoms with van der Waals surface area (Å²) in [5, 5.41) is 10.4. The van der Waals surface area contributed by atoms with Crippen molar-refractivity contribution in [2.24, 2.45) is 0 Å². The van der Waals surface area contributed by atoms with Crippen LogP contribution in [0.5, 0.6) is 0 Å². The number of sulfonamides is 1. The van der Waals surface area contributed by atoms with E-state index < -0.39 is 10.0 Å². The number of piperazine rings is 1. The van der Waals surface area contributed by atoms with Gasteiger partial charge in [-0.05, 0) is 20.8 Å². The maximum atomic E-state index is 12.8.